The lowest BCUT2D eigenvalue weighted by Gasteiger charge is -2.25. The van der Waals surface area contributed by atoms with E-state index < -0.39 is 19.4 Å². The maximum atomic E-state index is 13.0. The summed E-state index contributed by atoms with van der Waals surface area (Å²) in [5.74, 6) is -1.64. The highest BCUT2D eigenvalue weighted by Gasteiger charge is 2.36. The first kappa shape index (κ1) is 31.6. The Kier molecular flexibility index (Phi) is 11.3. The average Bonchev–Trinajstić information content (AvgIpc) is 2.83. The Morgan fingerprint density at radius 2 is 0.605 bits per heavy atom. The molecule has 200 valence electrons. The van der Waals surface area contributed by atoms with Gasteiger partial charge in [-0.2, -0.15) is 0 Å². The van der Waals surface area contributed by atoms with Gasteiger partial charge in [-0.25, -0.2) is 8.78 Å². The van der Waals surface area contributed by atoms with E-state index in [1.54, 1.807) is 72.8 Å². The van der Waals surface area contributed by atoms with Crippen LogP contribution in [0.3, 0.4) is 0 Å². The van der Waals surface area contributed by atoms with Crippen LogP contribution in [0.4, 0.5) is 8.78 Å². The van der Waals surface area contributed by atoms with Gasteiger partial charge in [-0.15, -0.1) is 0 Å². The number of rotatable bonds is 4. The normalized spacial score (nSPS) is 13.3. The quantitative estimate of drug-likeness (QED) is 0.189. The van der Waals surface area contributed by atoms with Crippen LogP contribution in [0.2, 0.25) is 10.0 Å². The molecule has 0 aliphatic carbocycles. The van der Waals surface area contributed by atoms with E-state index >= 15 is 0 Å². The highest BCUT2D eigenvalue weighted by Crippen LogP contribution is 2.46. The van der Waals surface area contributed by atoms with Gasteiger partial charge in [0.1, 0.15) is 11.6 Å². The molecule has 0 nitrogen and oxygen atoms in total. The molecule has 0 heterocycles. The first-order valence-electron chi connectivity index (χ1n) is 10.9. The summed E-state index contributed by atoms with van der Waals surface area (Å²) in [6, 6.07) is 25.9. The number of alkyl halides is 6. The molecule has 0 N–H and O–H groups in total. The highest BCUT2D eigenvalue weighted by atomic mass is 35.6. The van der Waals surface area contributed by atoms with Gasteiger partial charge in [-0.1, -0.05) is 141 Å². The Labute approximate surface area is 260 Å². The first-order valence-corrected chi connectivity index (χ1v) is 13.9. The third kappa shape index (κ3) is 9.04. The maximum Gasteiger partial charge on any atom is 0.201 e. The van der Waals surface area contributed by atoms with Crippen molar-refractivity contribution in [3.8, 4) is 0 Å². The molecule has 0 saturated carbocycles. The summed E-state index contributed by atoms with van der Waals surface area (Å²) in [7, 11) is 0. The minimum Gasteiger partial charge on any atom is -0.207 e. The van der Waals surface area contributed by atoms with Gasteiger partial charge >= 0.3 is 0 Å². The summed E-state index contributed by atoms with van der Waals surface area (Å²) < 4.78 is 22.9. The minimum absolute atomic E-state index is 0.331. The lowest BCUT2D eigenvalue weighted by molar-refractivity contribution is 0.625. The molecule has 0 radical (unpaired) electrons. The summed E-state index contributed by atoms with van der Waals surface area (Å²) >= 11 is 48.0. The largest absolute Gasteiger partial charge is 0.207 e. The standard InChI is InChI=1S/2C14H9Cl4F/c2*15-11-5-1-9(2-6-11)13(14(16,17)18)10-3-7-12(19)8-4-10/h2*1-8,13H/t2*13-/m00/s1. The fraction of sp³-hybridized carbons (Fsp3) is 0.143. The van der Waals surface area contributed by atoms with Gasteiger partial charge in [0.05, 0.1) is 11.8 Å². The summed E-state index contributed by atoms with van der Waals surface area (Å²) in [5, 5.41) is 1.21. The smallest absolute Gasteiger partial charge is 0.201 e. The van der Waals surface area contributed by atoms with E-state index in [0.717, 1.165) is 22.3 Å². The Balaban J connectivity index is 0.000000211. The molecule has 2 atom stereocenters. The molecule has 0 unspecified atom stereocenters. The molecule has 0 aliphatic heterocycles. The molecule has 0 bridgehead atoms. The van der Waals surface area contributed by atoms with Gasteiger partial charge in [0, 0.05) is 10.0 Å². The van der Waals surface area contributed by atoms with Crippen molar-refractivity contribution in [1.29, 1.82) is 0 Å². The van der Waals surface area contributed by atoms with E-state index in [9.17, 15) is 8.78 Å². The molecule has 4 rings (SSSR count). The van der Waals surface area contributed by atoms with Crippen molar-refractivity contribution < 1.29 is 8.78 Å². The SMILES string of the molecule is Fc1ccc([C@H](c2ccc(Cl)cc2)C(Cl)(Cl)Cl)cc1.Fc1ccc([C@H](c2ccc(Cl)cc2)C(Cl)(Cl)Cl)cc1. The van der Waals surface area contributed by atoms with Crippen LogP contribution in [0.25, 0.3) is 0 Å². The Bertz CT molecular complexity index is 1100. The van der Waals surface area contributed by atoms with Crippen LogP contribution in [0.5, 0.6) is 0 Å². The number of hydrogen-bond donors (Lipinski definition) is 0. The molecule has 10 heteroatoms. The zero-order valence-electron chi connectivity index (χ0n) is 19.2. The van der Waals surface area contributed by atoms with Crippen molar-refractivity contribution in [1.82, 2.24) is 0 Å². The van der Waals surface area contributed by atoms with E-state index in [2.05, 4.69) is 0 Å². The van der Waals surface area contributed by atoms with Gasteiger partial charge in [-0.3, -0.25) is 0 Å². The fourth-order valence-electron chi connectivity index (χ4n) is 3.76. The summed E-state index contributed by atoms with van der Waals surface area (Å²) in [4.78, 5) is 0. The summed E-state index contributed by atoms with van der Waals surface area (Å²) in [6.07, 6.45) is 0. The van der Waals surface area contributed by atoms with Gasteiger partial charge in [0.25, 0.3) is 0 Å². The monoisotopic (exact) mass is 672 g/mol. The third-order valence-corrected chi connectivity index (χ3v) is 7.28. The van der Waals surface area contributed by atoms with E-state index in [1.807, 2.05) is 0 Å². The number of hydrogen-bond acceptors (Lipinski definition) is 0. The van der Waals surface area contributed by atoms with Crippen LogP contribution in [0, 0.1) is 11.6 Å². The molecular formula is C28H18Cl8F2. The molecule has 4 aromatic rings. The predicted molar refractivity (Wildman–Crippen MR) is 160 cm³/mol. The van der Waals surface area contributed by atoms with Crippen LogP contribution < -0.4 is 0 Å². The molecule has 0 saturated heterocycles. The molecule has 0 aromatic heterocycles. The van der Waals surface area contributed by atoms with E-state index in [-0.39, 0.29) is 11.6 Å². The summed E-state index contributed by atoms with van der Waals surface area (Å²) in [5.41, 5.74) is 3.06. The van der Waals surface area contributed by atoms with Gasteiger partial charge in [0.15, 0.2) is 0 Å². The molecule has 0 spiro atoms. The number of halogens is 10. The van der Waals surface area contributed by atoms with Gasteiger partial charge in [-0.05, 0) is 70.8 Å². The fourth-order valence-corrected chi connectivity index (χ4v) is 5.53. The van der Waals surface area contributed by atoms with Crippen molar-refractivity contribution >= 4 is 92.8 Å². The maximum absolute atomic E-state index is 13.0. The highest BCUT2D eigenvalue weighted by molar-refractivity contribution is 6.68. The molecular weight excluding hydrogens is 658 g/mol. The average molecular weight is 676 g/mol. The second kappa shape index (κ2) is 13.6. The van der Waals surface area contributed by atoms with Crippen molar-refractivity contribution in [2.24, 2.45) is 0 Å². The minimum atomic E-state index is -1.54. The van der Waals surface area contributed by atoms with Crippen molar-refractivity contribution in [3.05, 3.63) is 141 Å². The van der Waals surface area contributed by atoms with Gasteiger partial charge in [0.2, 0.25) is 7.59 Å². The topological polar surface area (TPSA) is 0 Å². The first-order chi connectivity index (χ1) is 17.8. The Morgan fingerprint density at radius 3 is 0.816 bits per heavy atom. The second-order valence-electron chi connectivity index (χ2n) is 8.16. The molecule has 0 fully saturated rings. The van der Waals surface area contributed by atoms with Crippen LogP contribution in [-0.4, -0.2) is 7.59 Å². The van der Waals surface area contributed by atoms with E-state index in [0.29, 0.717) is 10.0 Å². The Morgan fingerprint density at radius 1 is 0.395 bits per heavy atom. The zero-order chi connectivity index (χ0) is 28.1. The molecule has 0 amide bonds. The van der Waals surface area contributed by atoms with Gasteiger partial charge < -0.3 is 0 Å². The van der Waals surface area contributed by atoms with E-state index in [1.165, 1.54) is 24.3 Å². The lowest BCUT2D eigenvalue weighted by Crippen LogP contribution is -2.18. The van der Waals surface area contributed by atoms with Crippen LogP contribution in [0.1, 0.15) is 34.1 Å². The van der Waals surface area contributed by atoms with Crippen LogP contribution in [0.15, 0.2) is 97.1 Å². The second-order valence-corrected chi connectivity index (χ2v) is 13.8. The number of benzene rings is 4. The zero-order valence-corrected chi connectivity index (χ0v) is 25.2. The third-order valence-electron chi connectivity index (χ3n) is 5.47. The Hall–Kier alpha value is -0.940. The van der Waals surface area contributed by atoms with Crippen molar-refractivity contribution in [2.75, 3.05) is 0 Å². The van der Waals surface area contributed by atoms with E-state index in [4.69, 9.17) is 92.8 Å². The lowest BCUT2D eigenvalue weighted by atomic mass is 9.92. The van der Waals surface area contributed by atoms with Crippen LogP contribution in [-0.2, 0) is 0 Å². The molecule has 38 heavy (non-hydrogen) atoms. The van der Waals surface area contributed by atoms with Crippen molar-refractivity contribution in [2.45, 2.75) is 19.4 Å². The van der Waals surface area contributed by atoms with Crippen molar-refractivity contribution in [3.63, 3.8) is 0 Å². The molecule has 4 aromatic carbocycles. The predicted octanol–water partition coefficient (Wildman–Crippen LogP) is 12.0. The summed E-state index contributed by atoms with van der Waals surface area (Å²) in [6.45, 7) is 0. The molecule has 0 aliphatic rings. The van der Waals surface area contributed by atoms with Crippen LogP contribution >= 0.6 is 92.8 Å².